The van der Waals surface area contributed by atoms with Gasteiger partial charge in [-0.2, -0.15) is 0 Å². The highest BCUT2D eigenvalue weighted by molar-refractivity contribution is 5.22. The lowest BCUT2D eigenvalue weighted by atomic mass is 10.2. The minimum absolute atomic E-state index is 0.830. The third-order valence-electron chi connectivity index (χ3n) is 1.95. The first-order chi connectivity index (χ1) is 6.90. The molecule has 0 aliphatic carbocycles. The first-order valence-electron chi connectivity index (χ1n) is 4.57. The molecule has 0 spiro atoms. The lowest BCUT2D eigenvalue weighted by Crippen LogP contribution is -2.03. The number of nitrogens with zero attached hydrogens (tertiary/aromatic N) is 4. The highest BCUT2D eigenvalue weighted by atomic mass is 15.5. The van der Waals surface area contributed by atoms with Crippen molar-refractivity contribution in [3.05, 3.63) is 48.3 Å². The van der Waals surface area contributed by atoms with E-state index in [0.29, 0.717) is 0 Å². The molecule has 0 saturated heterocycles. The van der Waals surface area contributed by atoms with Gasteiger partial charge in [0.05, 0.1) is 0 Å². The fraction of sp³-hybridized carbons (Fsp3) is 0.200. The average molecular weight is 187 g/mol. The fourth-order valence-corrected chi connectivity index (χ4v) is 1.23. The third kappa shape index (κ3) is 1.79. The second-order valence-electron chi connectivity index (χ2n) is 2.93. The molecule has 2 rings (SSSR count). The van der Waals surface area contributed by atoms with E-state index in [1.54, 1.807) is 4.68 Å². The quantitative estimate of drug-likeness (QED) is 0.727. The number of rotatable bonds is 3. The Kier molecular flexibility index (Phi) is 2.53. The van der Waals surface area contributed by atoms with Gasteiger partial charge in [-0.05, 0) is 16.0 Å². The predicted molar refractivity (Wildman–Crippen MR) is 52.4 cm³/mol. The van der Waals surface area contributed by atoms with Gasteiger partial charge in [0.25, 0.3) is 0 Å². The van der Waals surface area contributed by atoms with Crippen LogP contribution in [0.3, 0.4) is 0 Å². The molecule has 4 nitrogen and oxygen atoms in total. The Morgan fingerprint density at radius 2 is 2.07 bits per heavy atom. The summed E-state index contributed by atoms with van der Waals surface area (Å²) in [7, 11) is 0. The molecule has 2 aromatic rings. The van der Waals surface area contributed by atoms with Gasteiger partial charge in [0, 0.05) is 6.42 Å². The van der Waals surface area contributed by atoms with Crippen LogP contribution in [0, 0.1) is 6.54 Å². The molecule has 0 aliphatic rings. The Labute approximate surface area is 82.6 Å². The lowest BCUT2D eigenvalue weighted by Gasteiger charge is -2.01. The van der Waals surface area contributed by atoms with Gasteiger partial charge in [0.15, 0.2) is 5.82 Å². The SMILES string of the molecule is CCc1nnnn1[CH]c1ccccc1. The summed E-state index contributed by atoms with van der Waals surface area (Å²) in [6.45, 7) is 3.94. The second-order valence-corrected chi connectivity index (χ2v) is 2.93. The van der Waals surface area contributed by atoms with Crippen LogP contribution in [0.1, 0.15) is 18.3 Å². The maximum atomic E-state index is 3.90. The molecule has 1 aromatic heterocycles. The fourth-order valence-electron chi connectivity index (χ4n) is 1.23. The van der Waals surface area contributed by atoms with Crippen LogP contribution in [0.4, 0.5) is 0 Å². The number of tetrazole rings is 1. The van der Waals surface area contributed by atoms with Crippen molar-refractivity contribution in [2.45, 2.75) is 13.3 Å². The maximum absolute atomic E-state index is 3.90. The molecule has 1 radical (unpaired) electrons. The Morgan fingerprint density at radius 3 is 2.79 bits per heavy atom. The van der Waals surface area contributed by atoms with Crippen molar-refractivity contribution in [2.75, 3.05) is 0 Å². The number of aryl methyl sites for hydroxylation is 1. The van der Waals surface area contributed by atoms with Gasteiger partial charge in [-0.1, -0.05) is 37.3 Å². The van der Waals surface area contributed by atoms with E-state index in [9.17, 15) is 0 Å². The number of hydrogen-bond donors (Lipinski definition) is 0. The zero-order chi connectivity index (χ0) is 9.80. The molecular weight excluding hydrogens is 176 g/mol. The molecule has 0 fully saturated rings. The molecule has 0 unspecified atom stereocenters. The molecule has 0 amide bonds. The van der Waals surface area contributed by atoms with Crippen molar-refractivity contribution >= 4 is 0 Å². The summed E-state index contributed by atoms with van der Waals surface area (Å²) in [5.74, 6) is 0.869. The lowest BCUT2D eigenvalue weighted by molar-refractivity contribution is 0.726. The van der Waals surface area contributed by atoms with E-state index in [1.165, 1.54) is 0 Å². The van der Waals surface area contributed by atoms with Crippen LogP contribution in [0.15, 0.2) is 30.3 Å². The average Bonchev–Trinajstić information content (AvgIpc) is 2.67. The van der Waals surface area contributed by atoms with E-state index in [2.05, 4.69) is 15.5 Å². The minimum atomic E-state index is 0.830. The molecular formula is C10H11N4. The molecule has 1 heterocycles. The largest absolute Gasteiger partial charge is 0.220 e. The Morgan fingerprint density at radius 1 is 1.29 bits per heavy atom. The van der Waals surface area contributed by atoms with E-state index in [4.69, 9.17) is 0 Å². The first kappa shape index (κ1) is 8.87. The molecule has 0 N–H and O–H groups in total. The van der Waals surface area contributed by atoms with Crippen molar-refractivity contribution < 1.29 is 0 Å². The van der Waals surface area contributed by atoms with Crippen LogP contribution >= 0.6 is 0 Å². The van der Waals surface area contributed by atoms with Gasteiger partial charge in [-0.25, -0.2) is 4.68 Å². The maximum Gasteiger partial charge on any atom is 0.151 e. The van der Waals surface area contributed by atoms with Crippen LogP contribution < -0.4 is 0 Å². The summed E-state index contributed by atoms with van der Waals surface area (Å²) in [6, 6.07) is 9.99. The van der Waals surface area contributed by atoms with Gasteiger partial charge < -0.3 is 0 Å². The summed E-state index contributed by atoms with van der Waals surface area (Å²) in [5.41, 5.74) is 1.09. The van der Waals surface area contributed by atoms with Gasteiger partial charge >= 0.3 is 0 Å². The predicted octanol–water partition coefficient (Wildman–Crippen LogP) is 1.29. The van der Waals surface area contributed by atoms with Gasteiger partial charge in [-0.3, -0.25) is 0 Å². The zero-order valence-corrected chi connectivity index (χ0v) is 7.96. The monoisotopic (exact) mass is 187 g/mol. The normalized spacial score (nSPS) is 10.4. The summed E-state index contributed by atoms with van der Waals surface area (Å²) in [6.07, 6.45) is 0.830. The highest BCUT2D eigenvalue weighted by Crippen LogP contribution is 2.04. The van der Waals surface area contributed by atoms with Crippen LogP contribution in [0.2, 0.25) is 0 Å². The van der Waals surface area contributed by atoms with Crippen molar-refractivity contribution in [3.8, 4) is 0 Å². The van der Waals surface area contributed by atoms with Crippen LogP contribution in [0.25, 0.3) is 0 Å². The van der Waals surface area contributed by atoms with Crippen LogP contribution in [-0.2, 0) is 6.42 Å². The molecule has 0 saturated carbocycles. The number of benzene rings is 1. The number of hydrogen-bond acceptors (Lipinski definition) is 3. The third-order valence-corrected chi connectivity index (χ3v) is 1.95. The van der Waals surface area contributed by atoms with E-state index in [0.717, 1.165) is 17.8 Å². The van der Waals surface area contributed by atoms with Gasteiger partial charge in [0.2, 0.25) is 0 Å². The standard InChI is InChI=1S/C10H11N4/c1-2-10-11-12-13-14(10)8-9-6-4-3-5-7-9/h3-8H,2H2,1H3. The first-order valence-corrected chi connectivity index (χ1v) is 4.57. The molecule has 14 heavy (non-hydrogen) atoms. The minimum Gasteiger partial charge on any atom is -0.220 e. The second kappa shape index (κ2) is 4.00. The summed E-state index contributed by atoms with van der Waals surface area (Å²) in [4.78, 5) is 0. The molecule has 0 atom stereocenters. The van der Waals surface area contributed by atoms with E-state index < -0.39 is 0 Å². The zero-order valence-electron chi connectivity index (χ0n) is 7.96. The summed E-state index contributed by atoms with van der Waals surface area (Å²) in [5, 5.41) is 11.4. The van der Waals surface area contributed by atoms with E-state index >= 15 is 0 Å². The Bertz CT molecular complexity index is 394. The van der Waals surface area contributed by atoms with E-state index in [1.807, 2.05) is 43.8 Å². The topological polar surface area (TPSA) is 43.6 Å². The molecule has 71 valence electrons. The highest BCUT2D eigenvalue weighted by Gasteiger charge is 2.03. The Hall–Kier alpha value is -1.71. The van der Waals surface area contributed by atoms with Crippen molar-refractivity contribution in [2.24, 2.45) is 0 Å². The van der Waals surface area contributed by atoms with Gasteiger partial charge in [0.1, 0.15) is 6.54 Å². The van der Waals surface area contributed by atoms with Crippen LogP contribution in [0.5, 0.6) is 0 Å². The summed E-state index contributed by atoms with van der Waals surface area (Å²) >= 11 is 0. The van der Waals surface area contributed by atoms with Crippen molar-refractivity contribution in [1.82, 2.24) is 20.2 Å². The number of aromatic nitrogens is 4. The molecule has 1 aromatic carbocycles. The summed E-state index contributed by atoms with van der Waals surface area (Å²) < 4.78 is 1.70. The smallest absolute Gasteiger partial charge is 0.151 e. The van der Waals surface area contributed by atoms with Gasteiger partial charge in [-0.15, -0.1) is 5.10 Å². The Balaban J connectivity index is 2.19. The molecule has 0 bridgehead atoms. The van der Waals surface area contributed by atoms with E-state index in [-0.39, 0.29) is 0 Å². The molecule has 4 heteroatoms. The molecule has 0 aliphatic heterocycles. The van der Waals surface area contributed by atoms with Crippen LogP contribution in [-0.4, -0.2) is 20.2 Å². The van der Waals surface area contributed by atoms with Crippen molar-refractivity contribution in [1.29, 1.82) is 0 Å². The van der Waals surface area contributed by atoms with Crippen molar-refractivity contribution in [3.63, 3.8) is 0 Å².